The summed E-state index contributed by atoms with van der Waals surface area (Å²) in [7, 11) is 0. The van der Waals surface area contributed by atoms with Gasteiger partial charge >= 0.3 is 0 Å². The molecule has 2 aromatic rings. The van der Waals surface area contributed by atoms with Crippen molar-refractivity contribution in [3.63, 3.8) is 0 Å². The van der Waals surface area contributed by atoms with Gasteiger partial charge in [0.2, 0.25) is 0 Å². The number of ketones is 1. The molecule has 0 aliphatic carbocycles. The SMILES string of the molecule is Cc1ccc(CC(=O)c2ccncc2)cc1C. The third-order valence-electron chi connectivity index (χ3n) is 2.94. The lowest BCUT2D eigenvalue weighted by Gasteiger charge is -2.04. The molecular formula is C15H15NO. The van der Waals surface area contributed by atoms with Gasteiger partial charge in [0, 0.05) is 24.4 Å². The Balaban J connectivity index is 2.16. The Morgan fingerprint density at radius 2 is 1.76 bits per heavy atom. The normalized spacial score (nSPS) is 10.2. The average Bonchev–Trinajstić information content (AvgIpc) is 2.35. The van der Waals surface area contributed by atoms with Crippen molar-refractivity contribution in [3.8, 4) is 0 Å². The largest absolute Gasteiger partial charge is 0.294 e. The molecule has 0 saturated carbocycles. The maximum atomic E-state index is 12.0. The van der Waals surface area contributed by atoms with E-state index in [2.05, 4.69) is 31.0 Å². The van der Waals surface area contributed by atoms with Crippen molar-refractivity contribution in [2.75, 3.05) is 0 Å². The Morgan fingerprint density at radius 3 is 2.41 bits per heavy atom. The van der Waals surface area contributed by atoms with E-state index >= 15 is 0 Å². The number of carbonyl (C=O) groups excluding carboxylic acids is 1. The summed E-state index contributed by atoms with van der Waals surface area (Å²) in [5.74, 6) is 0.135. The van der Waals surface area contributed by atoms with Crippen LogP contribution in [-0.2, 0) is 6.42 Å². The van der Waals surface area contributed by atoms with Gasteiger partial charge in [0.05, 0.1) is 0 Å². The molecule has 17 heavy (non-hydrogen) atoms. The first kappa shape index (κ1) is 11.5. The molecule has 1 aromatic heterocycles. The molecule has 0 spiro atoms. The van der Waals surface area contributed by atoms with Crippen LogP contribution in [-0.4, -0.2) is 10.8 Å². The van der Waals surface area contributed by atoms with Crippen LogP contribution in [0.3, 0.4) is 0 Å². The Morgan fingerprint density at radius 1 is 1.06 bits per heavy atom. The summed E-state index contributed by atoms with van der Waals surface area (Å²) in [6, 6.07) is 9.66. The zero-order valence-corrected chi connectivity index (χ0v) is 10.1. The lowest BCUT2D eigenvalue weighted by molar-refractivity contribution is 0.0993. The van der Waals surface area contributed by atoms with Crippen LogP contribution in [0.4, 0.5) is 0 Å². The Labute approximate surface area is 101 Å². The highest BCUT2D eigenvalue weighted by molar-refractivity contribution is 5.97. The molecule has 0 radical (unpaired) electrons. The summed E-state index contributed by atoms with van der Waals surface area (Å²) in [6.07, 6.45) is 3.74. The first-order valence-corrected chi connectivity index (χ1v) is 5.66. The van der Waals surface area contributed by atoms with Crippen LogP contribution in [0.2, 0.25) is 0 Å². The van der Waals surface area contributed by atoms with Crippen molar-refractivity contribution in [3.05, 3.63) is 65.0 Å². The molecular weight excluding hydrogens is 210 g/mol. The number of benzene rings is 1. The second kappa shape index (κ2) is 4.91. The van der Waals surface area contributed by atoms with E-state index in [0.717, 1.165) is 11.1 Å². The third kappa shape index (κ3) is 2.78. The maximum Gasteiger partial charge on any atom is 0.167 e. The number of hydrogen-bond donors (Lipinski definition) is 0. The summed E-state index contributed by atoms with van der Waals surface area (Å²) in [6.45, 7) is 4.14. The van der Waals surface area contributed by atoms with Crippen LogP contribution < -0.4 is 0 Å². The standard InChI is InChI=1S/C15H15NO/c1-11-3-4-13(9-12(11)2)10-15(17)14-5-7-16-8-6-14/h3-9H,10H2,1-2H3. The molecule has 1 aromatic carbocycles. The van der Waals surface area contributed by atoms with E-state index in [9.17, 15) is 4.79 Å². The maximum absolute atomic E-state index is 12.0. The first-order chi connectivity index (χ1) is 8.16. The number of nitrogens with zero attached hydrogens (tertiary/aromatic N) is 1. The van der Waals surface area contributed by atoms with Gasteiger partial charge in [0.1, 0.15) is 0 Å². The quantitative estimate of drug-likeness (QED) is 0.751. The second-order valence-corrected chi connectivity index (χ2v) is 4.25. The molecule has 2 nitrogen and oxygen atoms in total. The highest BCUT2D eigenvalue weighted by Crippen LogP contribution is 2.12. The minimum atomic E-state index is 0.135. The van der Waals surface area contributed by atoms with Gasteiger partial charge in [0.15, 0.2) is 5.78 Å². The van der Waals surface area contributed by atoms with Crippen molar-refractivity contribution in [1.82, 2.24) is 4.98 Å². The van der Waals surface area contributed by atoms with Crippen LogP contribution >= 0.6 is 0 Å². The van der Waals surface area contributed by atoms with Crippen molar-refractivity contribution < 1.29 is 4.79 Å². The number of carbonyl (C=O) groups is 1. The predicted octanol–water partition coefficient (Wildman–Crippen LogP) is 3.12. The van der Waals surface area contributed by atoms with E-state index in [1.165, 1.54) is 11.1 Å². The van der Waals surface area contributed by atoms with Gasteiger partial charge in [-0.1, -0.05) is 18.2 Å². The van der Waals surface area contributed by atoms with Gasteiger partial charge in [-0.2, -0.15) is 0 Å². The molecule has 2 rings (SSSR count). The number of aryl methyl sites for hydroxylation is 2. The lowest BCUT2D eigenvalue weighted by Crippen LogP contribution is -2.03. The van der Waals surface area contributed by atoms with Crippen molar-refractivity contribution in [2.24, 2.45) is 0 Å². The average molecular weight is 225 g/mol. The number of pyridine rings is 1. The smallest absolute Gasteiger partial charge is 0.167 e. The van der Waals surface area contributed by atoms with Gasteiger partial charge < -0.3 is 0 Å². The number of rotatable bonds is 3. The van der Waals surface area contributed by atoms with E-state index in [1.54, 1.807) is 24.5 Å². The molecule has 0 unspecified atom stereocenters. The van der Waals surface area contributed by atoms with Crippen LogP contribution in [0, 0.1) is 13.8 Å². The molecule has 1 heterocycles. The molecule has 0 atom stereocenters. The summed E-state index contributed by atoms with van der Waals surface area (Å²) in [5, 5.41) is 0. The molecule has 0 saturated heterocycles. The summed E-state index contributed by atoms with van der Waals surface area (Å²) < 4.78 is 0. The molecule has 0 aliphatic heterocycles. The van der Waals surface area contributed by atoms with E-state index in [4.69, 9.17) is 0 Å². The van der Waals surface area contributed by atoms with Crippen molar-refractivity contribution in [1.29, 1.82) is 0 Å². The molecule has 86 valence electrons. The van der Waals surface area contributed by atoms with Crippen molar-refractivity contribution in [2.45, 2.75) is 20.3 Å². The van der Waals surface area contributed by atoms with Crippen LogP contribution in [0.5, 0.6) is 0 Å². The highest BCUT2D eigenvalue weighted by atomic mass is 16.1. The third-order valence-corrected chi connectivity index (χ3v) is 2.94. The lowest BCUT2D eigenvalue weighted by atomic mass is 10.0. The molecule has 0 amide bonds. The Hall–Kier alpha value is -1.96. The van der Waals surface area contributed by atoms with Gasteiger partial charge in [0.25, 0.3) is 0 Å². The molecule has 0 N–H and O–H groups in total. The topological polar surface area (TPSA) is 30.0 Å². The van der Waals surface area contributed by atoms with Gasteiger partial charge in [-0.05, 0) is 42.7 Å². The van der Waals surface area contributed by atoms with E-state index < -0.39 is 0 Å². The fourth-order valence-corrected chi connectivity index (χ4v) is 1.74. The molecule has 0 fully saturated rings. The Bertz CT molecular complexity index is 532. The first-order valence-electron chi connectivity index (χ1n) is 5.66. The van der Waals surface area contributed by atoms with Gasteiger partial charge in [-0.3, -0.25) is 9.78 Å². The van der Waals surface area contributed by atoms with E-state index in [1.807, 2.05) is 6.07 Å². The molecule has 2 heteroatoms. The number of Topliss-reactive ketones (excluding diaryl/α,β-unsaturated/α-hetero) is 1. The molecule has 0 aliphatic rings. The zero-order chi connectivity index (χ0) is 12.3. The minimum Gasteiger partial charge on any atom is -0.294 e. The van der Waals surface area contributed by atoms with Gasteiger partial charge in [-0.15, -0.1) is 0 Å². The molecule has 0 bridgehead atoms. The summed E-state index contributed by atoms with van der Waals surface area (Å²) in [5.41, 5.74) is 4.27. The summed E-state index contributed by atoms with van der Waals surface area (Å²) in [4.78, 5) is 15.9. The Kier molecular flexibility index (Phi) is 3.33. The minimum absolute atomic E-state index is 0.135. The van der Waals surface area contributed by atoms with Crippen LogP contribution in [0.15, 0.2) is 42.7 Å². The predicted molar refractivity (Wildman–Crippen MR) is 68.2 cm³/mol. The number of aromatic nitrogens is 1. The number of hydrogen-bond acceptors (Lipinski definition) is 2. The van der Waals surface area contributed by atoms with Crippen molar-refractivity contribution >= 4 is 5.78 Å². The zero-order valence-electron chi connectivity index (χ0n) is 10.1. The fourth-order valence-electron chi connectivity index (χ4n) is 1.74. The highest BCUT2D eigenvalue weighted by Gasteiger charge is 2.07. The monoisotopic (exact) mass is 225 g/mol. The summed E-state index contributed by atoms with van der Waals surface area (Å²) >= 11 is 0. The van der Waals surface area contributed by atoms with Crippen LogP contribution in [0.1, 0.15) is 27.0 Å². The van der Waals surface area contributed by atoms with E-state index in [-0.39, 0.29) is 5.78 Å². The van der Waals surface area contributed by atoms with Gasteiger partial charge in [-0.25, -0.2) is 0 Å². The fraction of sp³-hybridized carbons (Fsp3) is 0.200. The van der Waals surface area contributed by atoms with E-state index in [0.29, 0.717) is 6.42 Å². The second-order valence-electron chi connectivity index (χ2n) is 4.25. The van der Waals surface area contributed by atoms with Crippen LogP contribution in [0.25, 0.3) is 0 Å².